The first-order valence-corrected chi connectivity index (χ1v) is 5.90. The Hall–Kier alpha value is -1.68. The number of nitrogens with one attached hydrogen (secondary N) is 1. The van der Waals surface area contributed by atoms with Gasteiger partial charge in [-0.05, 0) is 30.7 Å². The third kappa shape index (κ3) is 2.91. The van der Waals surface area contributed by atoms with Crippen LogP contribution in [0.3, 0.4) is 0 Å². The van der Waals surface area contributed by atoms with Gasteiger partial charge in [-0.15, -0.1) is 0 Å². The summed E-state index contributed by atoms with van der Waals surface area (Å²) in [6.45, 7) is 6.88. The fraction of sp³-hybridized carbons (Fsp3) is 0.385. The van der Waals surface area contributed by atoms with Gasteiger partial charge in [0.15, 0.2) is 0 Å². The zero-order valence-electron chi connectivity index (χ0n) is 10.3. The van der Waals surface area contributed by atoms with Crippen LogP contribution in [0.4, 0.5) is 0 Å². The van der Waals surface area contributed by atoms with Crippen LogP contribution in [0.15, 0.2) is 31.0 Å². The van der Waals surface area contributed by atoms with Crippen LogP contribution in [-0.4, -0.2) is 21.1 Å². The van der Waals surface area contributed by atoms with Crippen molar-refractivity contribution in [1.29, 1.82) is 0 Å². The number of nitrogens with zero attached hydrogens (tertiary/aromatic N) is 3. The minimum absolute atomic E-state index is 0.856. The number of pyridine rings is 1. The minimum atomic E-state index is 0.856. The van der Waals surface area contributed by atoms with Crippen LogP contribution in [-0.2, 0) is 13.1 Å². The molecule has 1 N–H and O–H groups in total. The molecular weight excluding hydrogens is 212 g/mol. The second-order valence-electron chi connectivity index (χ2n) is 4.10. The summed E-state index contributed by atoms with van der Waals surface area (Å²) in [7, 11) is 0. The molecule has 0 saturated carbocycles. The second kappa shape index (κ2) is 5.59. The first-order valence-electron chi connectivity index (χ1n) is 5.90. The molecule has 2 aromatic rings. The summed E-state index contributed by atoms with van der Waals surface area (Å²) in [5.74, 6) is 0. The number of rotatable bonds is 5. The highest BCUT2D eigenvalue weighted by atomic mass is 15.1. The van der Waals surface area contributed by atoms with Crippen LogP contribution < -0.4 is 5.32 Å². The number of hydrogen-bond donors (Lipinski definition) is 1. The Balaban J connectivity index is 2.13. The van der Waals surface area contributed by atoms with Gasteiger partial charge in [0.1, 0.15) is 0 Å². The first-order chi connectivity index (χ1) is 8.31. The number of aryl methyl sites for hydroxylation is 1. The van der Waals surface area contributed by atoms with Gasteiger partial charge in [0.05, 0.1) is 12.0 Å². The average molecular weight is 230 g/mol. The second-order valence-corrected chi connectivity index (χ2v) is 4.10. The summed E-state index contributed by atoms with van der Waals surface area (Å²) >= 11 is 0. The Morgan fingerprint density at radius 1 is 1.29 bits per heavy atom. The van der Waals surface area contributed by atoms with Crippen molar-refractivity contribution in [2.45, 2.75) is 26.9 Å². The van der Waals surface area contributed by atoms with Gasteiger partial charge in [-0.2, -0.15) is 0 Å². The van der Waals surface area contributed by atoms with Crippen LogP contribution in [0, 0.1) is 6.92 Å². The third-order valence-corrected chi connectivity index (χ3v) is 2.83. The van der Waals surface area contributed by atoms with Crippen LogP contribution in [0.5, 0.6) is 0 Å². The van der Waals surface area contributed by atoms with Crippen molar-refractivity contribution in [1.82, 2.24) is 19.9 Å². The van der Waals surface area contributed by atoms with E-state index in [1.807, 2.05) is 24.9 Å². The predicted molar refractivity (Wildman–Crippen MR) is 67.7 cm³/mol. The van der Waals surface area contributed by atoms with E-state index in [-0.39, 0.29) is 0 Å². The van der Waals surface area contributed by atoms with Gasteiger partial charge in [0.25, 0.3) is 0 Å². The van der Waals surface area contributed by atoms with E-state index >= 15 is 0 Å². The van der Waals surface area contributed by atoms with Crippen molar-refractivity contribution in [3.05, 3.63) is 47.8 Å². The van der Waals surface area contributed by atoms with E-state index in [4.69, 9.17) is 0 Å². The average Bonchev–Trinajstić information content (AvgIpc) is 2.77. The van der Waals surface area contributed by atoms with E-state index in [1.165, 1.54) is 16.8 Å². The predicted octanol–water partition coefficient (Wildman–Crippen LogP) is 1.74. The van der Waals surface area contributed by atoms with Gasteiger partial charge >= 0.3 is 0 Å². The van der Waals surface area contributed by atoms with E-state index in [0.717, 1.165) is 19.6 Å². The minimum Gasteiger partial charge on any atom is -0.329 e. The number of imidazole rings is 1. The van der Waals surface area contributed by atoms with E-state index in [9.17, 15) is 0 Å². The largest absolute Gasteiger partial charge is 0.329 e. The standard InChI is InChI=1S/C13H18N4/c1-3-14-7-13-8-16-10-17(13)9-12-4-5-15-6-11(12)2/h4-6,8,10,14H,3,7,9H2,1-2H3. The number of aromatic nitrogens is 3. The lowest BCUT2D eigenvalue weighted by atomic mass is 10.1. The summed E-state index contributed by atoms with van der Waals surface area (Å²) < 4.78 is 2.17. The van der Waals surface area contributed by atoms with Gasteiger partial charge in [-0.25, -0.2) is 4.98 Å². The quantitative estimate of drug-likeness (QED) is 0.851. The van der Waals surface area contributed by atoms with Crippen LogP contribution in [0.2, 0.25) is 0 Å². The van der Waals surface area contributed by atoms with Crippen molar-refractivity contribution < 1.29 is 0 Å². The molecule has 90 valence electrons. The molecule has 0 atom stereocenters. The Bertz CT molecular complexity index is 476. The summed E-state index contributed by atoms with van der Waals surface area (Å²) in [5, 5.41) is 3.32. The maximum Gasteiger partial charge on any atom is 0.0951 e. The highest BCUT2D eigenvalue weighted by molar-refractivity contribution is 5.22. The van der Waals surface area contributed by atoms with Gasteiger partial charge < -0.3 is 9.88 Å². The molecule has 0 amide bonds. The Labute approximate surface area is 102 Å². The summed E-state index contributed by atoms with van der Waals surface area (Å²) in [5.41, 5.74) is 3.72. The van der Waals surface area contributed by atoms with E-state index < -0.39 is 0 Å². The molecular formula is C13H18N4. The Morgan fingerprint density at radius 3 is 2.94 bits per heavy atom. The molecule has 2 heterocycles. The van der Waals surface area contributed by atoms with Crippen LogP contribution >= 0.6 is 0 Å². The fourth-order valence-electron chi connectivity index (χ4n) is 1.75. The monoisotopic (exact) mass is 230 g/mol. The highest BCUT2D eigenvalue weighted by Crippen LogP contribution is 2.09. The maximum atomic E-state index is 4.21. The van der Waals surface area contributed by atoms with Crippen molar-refractivity contribution in [3.63, 3.8) is 0 Å². The molecule has 0 fully saturated rings. The Kier molecular flexibility index (Phi) is 3.88. The molecule has 0 saturated heterocycles. The topological polar surface area (TPSA) is 42.7 Å². The normalized spacial score (nSPS) is 10.7. The van der Waals surface area contributed by atoms with Crippen LogP contribution in [0.25, 0.3) is 0 Å². The molecule has 17 heavy (non-hydrogen) atoms. The van der Waals surface area contributed by atoms with Crippen molar-refractivity contribution in [2.75, 3.05) is 6.54 Å². The summed E-state index contributed by atoms with van der Waals surface area (Å²) in [6, 6.07) is 2.06. The lowest BCUT2D eigenvalue weighted by Crippen LogP contribution is -2.15. The lowest BCUT2D eigenvalue weighted by Gasteiger charge is -2.10. The summed E-state index contributed by atoms with van der Waals surface area (Å²) in [4.78, 5) is 8.32. The molecule has 0 bridgehead atoms. The fourth-order valence-corrected chi connectivity index (χ4v) is 1.75. The zero-order chi connectivity index (χ0) is 12.1. The lowest BCUT2D eigenvalue weighted by molar-refractivity contribution is 0.655. The highest BCUT2D eigenvalue weighted by Gasteiger charge is 2.04. The molecule has 0 aromatic carbocycles. The zero-order valence-corrected chi connectivity index (χ0v) is 10.3. The van der Waals surface area contributed by atoms with Gasteiger partial charge in [0, 0.05) is 31.7 Å². The van der Waals surface area contributed by atoms with E-state index in [0.29, 0.717) is 0 Å². The smallest absolute Gasteiger partial charge is 0.0951 e. The van der Waals surface area contributed by atoms with Gasteiger partial charge in [-0.3, -0.25) is 4.98 Å². The molecule has 0 aliphatic heterocycles. The molecule has 0 spiro atoms. The molecule has 0 aliphatic carbocycles. The summed E-state index contributed by atoms with van der Waals surface area (Å²) in [6.07, 6.45) is 7.53. The van der Waals surface area contributed by atoms with E-state index in [2.05, 4.69) is 39.8 Å². The third-order valence-electron chi connectivity index (χ3n) is 2.83. The van der Waals surface area contributed by atoms with Crippen molar-refractivity contribution in [3.8, 4) is 0 Å². The van der Waals surface area contributed by atoms with E-state index in [1.54, 1.807) is 0 Å². The molecule has 4 nitrogen and oxygen atoms in total. The number of hydrogen-bond acceptors (Lipinski definition) is 3. The van der Waals surface area contributed by atoms with Crippen LogP contribution in [0.1, 0.15) is 23.7 Å². The van der Waals surface area contributed by atoms with Crippen molar-refractivity contribution >= 4 is 0 Å². The van der Waals surface area contributed by atoms with Gasteiger partial charge in [-0.1, -0.05) is 6.92 Å². The molecule has 2 rings (SSSR count). The molecule has 2 aromatic heterocycles. The first kappa shape index (κ1) is 11.8. The molecule has 0 unspecified atom stereocenters. The van der Waals surface area contributed by atoms with Gasteiger partial charge in [0.2, 0.25) is 0 Å². The molecule has 0 radical (unpaired) electrons. The Morgan fingerprint density at radius 2 is 2.18 bits per heavy atom. The van der Waals surface area contributed by atoms with Crippen molar-refractivity contribution in [2.24, 2.45) is 0 Å². The maximum absolute atomic E-state index is 4.21. The molecule has 0 aliphatic rings. The SMILES string of the molecule is CCNCc1cncn1Cc1ccncc1C. The molecule has 4 heteroatoms.